The second-order valence-corrected chi connectivity index (χ2v) is 4.27. The fourth-order valence-electron chi connectivity index (χ4n) is 1.78. The van der Waals surface area contributed by atoms with E-state index in [-0.39, 0.29) is 17.8 Å². The molecule has 9 nitrogen and oxygen atoms in total. The number of nitro groups is 1. The molecular formula is C12H14N6O3. The molecule has 4 N–H and O–H groups in total. The molecule has 9 heteroatoms. The quantitative estimate of drug-likeness (QED) is 0.419. The largest absolute Gasteiger partial charge is 0.345 e. The van der Waals surface area contributed by atoms with Crippen molar-refractivity contribution in [2.75, 3.05) is 5.43 Å². The summed E-state index contributed by atoms with van der Waals surface area (Å²) >= 11 is 0. The Labute approximate surface area is 119 Å². The molecule has 1 amide bonds. The van der Waals surface area contributed by atoms with Crippen LogP contribution in [-0.2, 0) is 13.6 Å². The highest BCUT2D eigenvalue weighted by Gasteiger charge is 2.16. The summed E-state index contributed by atoms with van der Waals surface area (Å²) in [5.74, 6) is 5.50. The van der Waals surface area contributed by atoms with Crippen molar-refractivity contribution in [1.82, 2.24) is 14.9 Å². The highest BCUT2D eigenvalue weighted by atomic mass is 16.6. The molecule has 2 rings (SSSR count). The van der Waals surface area contributed by atoms with Crippen molar-refractivity contribution in [2.45, 2.75) is 6.54 Å². The van der Waals surface area contributed by atoms with Gasteiger partial charge in [-0.1, -0.05) is 0 Å². The summed E-state index contributed by atoms with van der Waals surface area (Å²) in [6.07, 6.45) is 3.36. The molecule has 0 aliphatic rings. The van der Waals surface area contributed by atoms with Crippen molar-refractivity contribution in [3.63, 3.8) is 0 Å². The molecule has 0 bridgehead atoms. The maximum atomic E-state index is 12.1. The van der Waals surface area contributed by atoms with Crippen LogP contribution in [0, 0.1) is 10.1 Å². The Hall–Kier alpha value is -2.94. The SMILES string of the molecule is Cn1ccnc1CNC(=O)c1cc([N+](=O)[O-])ccc1NN. The molecule has 0 aliphatic carbocycles. The summed E-state index contributed by atoms with van der Waals surface area (Å²) in [6.45, 7) is 0.203. The Kier molecular flexibility index (Phi) is 4.14. The molecule has 1 heterocycles. The highest BCUT2D eigenvalue weighted by molar-refractivity contribution is 6.00. The van der Waals surface area contributed by atoms with Gasteiger partial charge in [0, 0.05) is 31.6 Å². The van der Waals surface area contributed by atoms with Crippen molar-refractivity contribution < 1.29 is 9.72 Å². The average Bonchev–Trinajstić information content (AvgIpc) is 2.89. The highest BCUT2D eigenvalue weighted by Crippen LogP contribution is 2.21. The third-order valence-electron chi connectivity index (χ3n) is 2.94. The van der Waals surface area contributed by atoms with Crippen molar-refractivity contribution in [2.24, 2.45) is 12.9 Å². The van der Waals surface area contributed by atoms with Gasteiger partial charge in [0.25, 0.3) is 11.6 Å². The number of hydrogen-bond donors (Lipinski definition) is 3. The fourth-order valence-corrected chi connectivity index (χ4v) is 1.78. The molecule has 1 aromatic heterocycles. The van der Waals surface area contributed by atoms with Crippen LogP contribution in [0.5, 0.6) is 0 Å². The van der Waals surface area contributed by atoms with E-state index < -0.39 is 10.8 Å². The van der Waals surface area contributed by atoms with Gasteiger partial charge in [0.1, 0.15) is 5.82 Å². The number of nitrogen functional groups attached to an aromatic ring is 1. The van der Waals surface area contributed by atoms with Crippen LogP contribution < -0.4 is 16.6 Å². The van der Waals surface area contributed by atoms with E-state index in [1.165, 1.54) is 18.2 Å². The molecule has 2 aromatic rings. The van der Waals surface area contributed by atoms with E-state index in [1.54, 1.807) is 24.0 Å². The van der Waals surface area contributed by atoms with Gasteiger partial charge in [0.15, 0.2) is 0 Å². The third kappa shape index (κ3) is 3.15. The number of imidazole rings is 1. The van der Waals surface area contributed by atoms with Crippen molar-refractivity contribution in [3.05, 3.63) is 52.1 Å². The number of benzene rings is 1. The smallest absolute Gasteiger partial charge is 0.270 e. The summed E-state index contributed by atoms with van der Waals surface area (Å²) in [5.41, 5.74) is 2.56. The predicted molar refractivity (Wildman–Crippen MR) is 75.3 cm³/mol. The van der Waals surface area contributed by atoms with Gasteiger partial charge in [0.2, 0.25) is 0 Å². The standard InChI is InChI=1S/C12H14N6O3/c1-17-5-4-14-11(17)7-15-12(19)9-6-8(18(20)21)2-3-10(9)16-13/h2-6,16H,7,13H2,1H3,(H,15,19). The summed E-state index contributed by atoms with van der Waals surface area (Å²) in [6, 6.07) is 3.82. The van der Waals surface area contributed by atoms with Gasteiger partial charge in [-0.05, 0) is 6.07 Å². The molecule has 0 unspecified atom stereocenters. The van der Waals surface area contributed by atoms with Crippen LogP contribution in [-0.4, -0.2) is 20.4 Å². The zero-order chi connectivity index (χ0) is 15.4. The van der Waals surface area contributed by atoms with E-state index in [9.17, 15) is 14.9 Å². The number of aryl methyl sites for hydroxylation is 1. The van der Waals surface area contributed by atoms with Crippen LogP contribution in [0.1, 0.15) is 16.2 Å². The summed E-state index contributed by atoms with van der Waals surface area (Å²) < 4.78 is 1.76. The number of hydrazine groups is 1. The molecule has 0 radical (unpaired) electrons. The number of anilines is 1. The van der Waals surface area contributed by atoms with E-state index >= 15 is 0 Å². The van der Waals surface area contributed by atoms with Gasteiger partial charge in [0.05, 0.1) is 22.7 Å². The van der Waals surface area contributed by atoms with Crippen LogP contribution >= 0.6 is 0 Å². The van der Waals surface area contributed by atoms with E-state index in [0.717, 1.165) is 0 Å². The Morgan fingerprint density at radius 1 is 1.52 bits per heavy atom. The molecule has 0 aliphatic heterocycles. The number of nitro benzene ring substituents is 1. The van der Waals surface area contributed by atoms with Crippen LogP contribution in [0.4, 0.5) is 11.4 Å². The number of carbonyl (C=O) groups is 1. The third-order valence-corrected chi connectivity index (χ3v) is 2.94. The Balaban J connectivity index is 2.19. The maximum absolute atomic E-state index is 12.1. The first-order chi connectivity index (χ1) is 10.0. The van der Waals surface area contributed by atoms with Crippen LogP contribution in [0.2, 0.25) is 0 Å². The van der Waals surface area contributed by atoms with Gasteiger partial charge in [-0.2, -0.15) is 0 Å². The first kappa shape index (κ1) is 14.5. The first-order valence-electron chi connectivity index (χ1n) is 6.02. The second-order valence-electron chi connectivity index (χ2n) is 4.27. The molecule has 0 spiro atoms. The number of nitrogens with zero attached hydrogens (tertiary/aromatic N) is 3. The number of aromatic nitrogens is 2. The number of nitrogens with two attached hydrogens (primary N) is 1. The second kappa shape index (κ2) is 6.01. The molecule has 0 fully saturated rings. The number of amides is 1. The molecular weight excluding hydrogens is 276 g/mol. The van der Waals surface area contributed by atoms with E-state index in [1.807, 2.05) is 0 Å². The average molecular weight is 290 g/mol. The lowest BCUT2D eigenvalue weighted by atomic mass is 10.1. The lowest BCUT2D eigenvalue weighted by Crippen LogP contribution is -2.26. The minimum absolute atomic E-state index is 0.0981. The van der Waals surface area contributed by atoms with E-state index in [2.05, 4.69) is 15.7 Å². The number of non-ortho nitro benzene ring substituents is 1. The normalized spacial score (nSPS) is 10.2. The monoisotopic (exact) mass is 290 g/mol. The lowest BCUT2D eigenvalue weighted by Gasteiger charge is -2.09. The molecule has 110 valence electrons. The zero-order valence-corrected chi connectivity index (χ0v) is 11.2. The van der Waals surface area contributed by atoms with Gasteiger partial charge < -0.3 is 15.3 Å². The van der Waals surface area contributed by atoms with Crippen molar-refractivity contribution in [3.8, 4) is 0 Å². The molecule has 0 saturated heterocycles. The van der Waals surface area contributed by atoms with Crippen LogP contribution in [0.3, 0.4) is 0 Å². The van der Waals surface area contributed by atoms with Crippen LogP contribution in [0.25, 0.3) is 0 Å². The van der Waals surface area contributed by atoms with Gasteiger partial charge >= 0.3 is 0 Å². The number of nitrogens with one attached hydrogen (secondary N) is 2. The van der Waals surface area contributed by atoms with Gasteiger partial charge in [-0.15, -0.1) is 0 Å². The van der Waals surface area contributed by atoms with E-state index in [4.69, 9.17) is 5.84 Å². The Morgan fingerprint density at radius 3 is 2.86 bits per heavy atom. The van der Waals surface area contributed by atoms with Gasteiger partial charge in [-0.25, -0.2) is 4.98 Å². The Morgan fingerprint density at radius 2 is 2.29 bits per heavy atom. The first-order valence-corrected chi connectivity index (χ1v) is 6.02. The molecule has 1 aromatic carbocycles. The topological polar surface area (TPSA) is 128 Å². The Bertz CT molecular complexity index is 681. The summed E-state index contributed by atoms with van der Waals surface area (Å²) in [5, 5.41) is 13.4. The van der Waals surface area contributed by atoms with Gasteiger partial charge in [-0.3, -0.25) is 20.8 Å². The fraction of sp³-hybridized carbons (Fsp3) is 0.167. The molecule has 0 saturated carbocycles. The predicted octanol–water partition coefficient (Wildman–Crippen LogP) is 0.544. The molecule has 0 atom stereocenters. The summed E-state index contributed by atoms with van der Waals surface area (Å²) in [4.78, 5) is 26.4. The maximum Gasteiger partial charge on any atom is 0.270 e. The number of hydrogen-bond acceptors (Lipinski definition) is 6. The molecule has 21 heavy (non-hydrogen) atoms. The zero-order valence-electron chi connectivity index (χ0n) is 11.2. The summed E-state index contributed by atoms with van der Waals surface area (Å²) in [7, 11) is 1.80. The minimum Gasteiger partial charge on any atom is -0.345 e. The minimum atomic E-state index is -0.574. The lowest BCUT2D eigenvalue weighted by molar-refractivity contribution is -0.384. The van der Waals surface area contributed by atoms with E-state index in [0.29, 0.717) is 11.5 Å². The number of carbonyl (C=O) groups excluding carboxylic acids is 1. The van der Waals surface area contributed by atoms with Crippen molar-refractivity contribution >= 4 is 17.3 Å². The number of rotatable bonds is 5. The van der Waals surface area contributed by atoms with Crippen LogP contribution in [0.15, 0.2) is 30.6 Å². The van der Waals surface area contributed by atoms with Crippen molar-refractivity contribution in [1.29, 1.82) is 0 Å².